The minimum absolute atomic E-state index is 0.126. The number of ether oxygens (including phenoxy) is 2. The Morgan fingerprint density at radius 3 is 2.08 bits per heavy atom. The van der Waals surface area contributed by atoms with Crippen LogP contribution in [0.25, 0.3) is 0 Å². The van der Waals surface area contributed by atoms with Crippen LogP contribution in [0.5, 0.6) is 5.75 Å². The first kappa shape index (κ1) is 20.3. The number of hydrogen-bond acceptors (Lipinski definition) is 4. The normalized spacial score (nSPS) is 10.5. The van der Waals surface area contributed by atoms with Crippen molar-refractivity contribution in [2.75, 3.05) is 18.9 Å². The van der Waals surface area contributed by atoms with Crippen LogP contribution in [-0.4, -0.2) is 19.2 Å². The Labute approximate surface area is 146 Å². The molecule has 0 spiro atoms. The summed E-state index contributed by atoms with van der Waals surface area (Å²) in [4.78, 5) is 11.6. The smallest absolute Gasteiger partial charge is 0.305 e. The van der Waals surface area contributed by atoms with Crippen LogP contribution in [0.15, 0.2) is 24.3 Å². The van der Waals surface area contributed by atoms with Gasteiger partial charge in [-0.15, -0.1) is 0 Å². The highest BCUT2D eigenvalue weighted by atomic mass is 16.6. The van der Waals surface area contributed by atoms with Crippen LogP contribution >= 0.6 is 0 Å². The lowest BCUT2D eigenvalue weighted by molar-refractivity contribution is -0.144. The van der Waals surface area contributed by atoms with Crippen LogP contribution < -0.4 is 10.5 Å². The van der Waals surface area contributed by atoms with Gasteiger partial charge in [0.25, 0.3) is 0 Å². The van der Waals surface area contributed by atoms with E-state index < -0.39 is 0 Å². The molecule has 2 N–H and O–H groups in total. The van der Waals surface area contributed by atoms with Gasteiger partial charge in [-0.1, -0.05) is 58.3 Å². The van der Waals surface area contributed by atoms with Crippen LogP contribution in [0, 0.1) is 0 Å². The van der Waals surface area contributed by atoms with E-state index in [1.54, 1.807) is 24.3 Å². The summed E-state index contributed by atoms with van der Waals surface area (Å²) in [6.45, 7) is 2.90. The summed E-state index contributed by atoms with van der Waals surface area (Å²) in [7, 11) is 0. The van der Waals surface area contributed by atoms with Gasteiger partial charge in [0.15, 0.2) is 0 Å². The van der Waals surface area contributed by atoms with E-state index >= 15 is 0 Å². The average molecular weight is 335 g/mol. The minimum atomic E-state index is -0.126. The molecule has 0 aliphatic rings. The van der Waals surface area contributed by atoms with E-state index in [9.17, 15) is 4.79 Å². The summed E-state index contributed by atoms with van der Waals surface area (Å²) in [6.07, 6.45) is 11.8. The third-order valence-electron chi connectivity index (χ3n) is 3.98. The van der Waals surface area contributed by atoms with Crippen molar-refractivity contribution in [3.8, 4) is 5.75 Å². The van der Waals surface area contributed by atoms with E-state index in [-0.39, 0.29) is 5.97 Å². The molecule has 0 bridgehead atoms. The van der Waals surface area contributed by atoms with Crippen molar-refractivity contribution < 1.29 is 14.3 Å². The fourth-order valence-corrected chi connectivity index (χ4v) is 2.53. The molecule has 0 amide bonds. The van der Waals surface area contributed by atoms with Crippen molar-refractivity contribution in [1.82, 2.24) is 0 Å². The summed E-state index contributed by atoms with van der Waals surface area (Å²) in [5, 5.41) is 0. The van der Waals surface area contributed by atoms with Gasteiger partial charge in [0.05, 0.1) is 0 Å². The number of benzene rings is 1. The SMILES string of the molecule is CCCCCCCCCCCC(=O)OCCOc1ccc(N)cc1. The van der Waals surface area contributed by atoms with Crippen molar-refractivity contribution in [3.05, 3.63) is 24.3 Å². The van der Waals surface area contributed by atoms with Crippen LogP contribution in [0.3, 0.4) is 0 Å². The standard InChI is InChI=1S/C20H33NO3/c1-2-3-4-5-6-7-8-9-10-11-20(22)24-17-16-23-19-14-12-18(21)13-15-19/h12-15H,2-11,16-17,21H2,1H3. The molecule has 0 aliphatic carbocycles. The van der Waals surface area contributed by atoms with Crippen LogP contribution in [0.4, 0.5) is 5.69 Å². The van der Waals surface area contributed by atoms with E-state index in [1.807, 2.05) is 0 Å². The van der Waals surface area contributed by atoms with E-state index in [2.05, 4.69) is 6.92 Å². The van der Waals surface area contributed by atoms with Crippen molar-refractivity contribution in [3.63, 3.8) is 0 Å². The minimum Gasteiger partial charge on any atom is -0.490 e. The topological polar surface area (TPSA) is 61.5 Å². The zero-order valence-electron chi connectivity index (χ0n) is 15.1. The summed E-state index contributed by atoms with van der Waals surface area (Å²) in [5.74, 6) is 0.609. The highest BCUT2D eigenvalue weighted by molar-refractivity contribution is 5.69. The Morgan fingerprint density at radius 1 is 0.875 bits per heavy atom. The van der Waals surface area contributed by atoms with Gasteiger partial charge >= 0.3 is 5.97 Å². The van der Waals surface area contributed by atoms with Gasteiger partial charge in [-0.3, -0.25) is 4.79 Å². The molecule has 136 valence electrons. The lowest BCUT2D eigenvalue weighted by atomic mass is 10.1. The van der Waals surface area contributed by atoms with Gasteiger partial charge in [-0.25, -0.2) is 0 Å². The number of nitrogen functional groups attached to an aromatic ring is 1. The van der Waals surface area contributed by atoms with Crippen molar-refractivity contribution >= 4 is 11.7 Å². The quantitative estimate of drug-likeness (QED) is 0.291. The number of rotatable bonds is 14. The largest absolute Gasteiger partial charge is 0.490 e. The monoisotopic (exact) mass is 335 g/mol. The van der Waals surface area contributed by atoms with Gasteiger partial charge < -0.3 is 15.2 Å². The molecule has 0 atom stereocenters. The molecule has 1 aromatic carbocycles. The highest BCUT2D eigenvalue weighted by Crippen LogP contribution is 2.13. The molecule has 4 nitrogen and oxygen atoms in total. The second-order valence-electron chi connectivity index (χ2n) is 6.22. The van der Waals surface area contributed by atoms with E-state index in [1.165, 1.54) is 44.9 Å². The molecule has 1 rings (SSSR count). The number of nitrogens with two attached hydrogens (primary N) is 1. The fourth-order valence-electron chi connectivity index (χ4n) is 2.53. The molecular weight excluding hydrogens is 302 g/mol. The lowest BCUT2D eigenvalue weighted by Crippen LogP contribution is -2.12. The van der Waals surface area contributed by atoms with E-state index in [4.69, 9.17) is 15.2 Å². The van der Waals surface area contributed by atoms with Crippen LogP contribution in [0.2, 0.25) is 0 Å². The molecule has 0 saturated heterocycles. The van der Waals surface area contributed by atoms with Gasteiger partial charge in [0.2, 0.25) is 0 Å². The van der Waals surface area contributed by atoms with Gasteiger partial charge in [0, 0.05) is 12.1 Å². The Hall–Kier alpha value is -1.71. The number of carbonyl (C=O) groups is 1. The van der Waals surface area contributed by atoms with Gasteiger partial charge in [-0.05, 0) is 30.7 Å². The Morgan fingerprint density at radius 2 is 1.46 bits per heavy atom. The molecule has 0 heterocycles. The molecule has 0 aromatic heterocycles. The maximum Gasteiger partial charge on any atom is 0.305 e. The summed E-state index contributed by atoms with van der Waals surface area (Å²) < 4.78 is 10.6. The number of carbonyl (C=O) groups excluding carboxylic acids is 1. The third kappa shape index (κ3) is 10.9. The predicted octanol–water partition coefficient (Wildman–Crippen LogP) is 5.11. The van der Waals surface area contributed by atoms with Crippen molar-refractivity contribution in [2.45, 2.75) is 71.1 Å². The van der Waals surface area contributed by atoms with Crippen LogP contribution in [-0.2, 0) is 9.53 Å². The summed E-state index contributed by atoms with van der Waals surface area (Å²) >= 11 is 0. The molecule has 0 saturated carbocycles. The first-order chi connectivity index (χ1) is 11.7. The van der Waals surface area contributed by atoms with Gasteiger partial charge in [-0.2, -0.15) is 0 Å². The summed E-state index contributed by atoms with van der Waals surface area (Å²) in [5.41, 5.74) is 6.30. The summed E-state index contributed by atoms with van der Waals surface area (Å²) in [6, 6.07) is 7.18. The number of hydrogen-bond donors (Lipinski definition) is 1. The molecule has 0 fully saturated rings. The predicted molar refractivity (Wildman–Crippen MR) is 99.2 cm³/mol. The molecule has 4 heteroatoms. The Kier molecular flexibility index (Phi) is 11.6. The van der Waals surface area contributed by atoms with E-state index in [0.29, 0.717) is 25.3 Å². The zero-order chi connectivity index (χ0) is 17.5. The maximum absolute atomic E-state index is 11.6. The third-order valence-corrected chi connectivity index (χ3v) is 3.98. The highest BCUT2D eigenvalue weighted by Gasteiger charge is 2.03. The second-order valence-corrected chi connectivity index (χ2v) is 6.22. The Balaban J connectivity index is 1.88. The second kappa shape index (κ2) is 13.7. The number of unbranched alkanes of at least 4 members (excludes halogenated alkanes) is 8. The van der Waals surface area contributed by atoms with Gasteiger partial charge in [0.1, 0.15) is 19.0 Å². The van der Waals surface area contributed by atoms with Crippen molar-refractivity contribution in [2.24, 2.45) is 0 Å². The van der Waals surface area contributed by atoms with E-state index in [0.717, 1.165) is 18.6 Å². The van der Waals surface area contributed by atoms with Crippen LogP contribution in [0.1, 0.15) is 71.1 Å². The molecule has 1 aromatic rings. The molecule has 0 aliphatic heterocycles. The van der Waals surface area contributed by atoms with Crippen molar-refractivity contribution in [1.29, 1.82) is 0 Å². The maximum atomic E-state index is 11.6. The number of esters is 1. The zero-order valence-corrected chi connectivity index (χ0v) is 15.1. The molecular formula is C20H33NO3. The Bertz CT molecular complexity index is 431. The molecule has 0 radical (unpaired) electrons. The molecule has 0 unspecified atom stereocenters. The number of anilines is 1. The lowest BCUT2D eigenvalue weighted by Gasteiger charge is -2.07. The first-order valence-electron chi connectivity index (χ1n) is 9.36. The average Bonchev–Trinajstić information content (AvgIpc) is 2.59. The molecule has 24 heavy (non-hydrogen) atoms. The fraction of sp³-hybridized carbons (Fsp3) is 0.650. The first-order valence-corrected chi connectivity index (χ1v) is 9.36.